The molecule has 0 spiro atoms. The van der Waals surface area contributed by atoms with Gasteiger partial charge in [0, 0.05) is 11.3 Å². The molecule has 1 heterocycles. The number of carbonyl (C=O) groups excluding carboxylic acids is 1. The van der Waals surface area contributed by atoms with Gasteiger partial charge in [-0.3, -0.25) is 9.89 Å². The zero-order valence-corrected chi connectivity index (χ0v) is 11.8. The summed E-state index contributed by atoms with van der Waals surface area (Å²) in [5.74, 6) is -0.204. The molecule has 1 aromatic heterocycles. The monoisotopic (exact) mass is 285 g/mol. The van der Waals surface area contributed by atoms with E-state index in [0.717, 1.165) is 36.1 Å². The van der Waals surface area contributed by atoms with Crippen molar-refractivity contribution in [2.24, 2.45) is 0 Å². The van der Waals surface area contributed by atoms with Crippen LogP contribution in [0.2, 0.25) is 0 Å². The fraction of sp³-hybridized carbons (Fsp3) is 0.375. The molecule has 0 bridgehead atoms. The van der Waals surface area contributed by atoms with Crippen LogP contribution in [0.1, 0.15) is 33.7 Å². The van der Waals surface area contributed by atoms with Crippen LogP contribution in [0.4, 0.5) is 0 Å². The zero-order chi connectivity index (χ0) is 14.7. The lowest BCUT2D eigenvalue weighted by atomic mass is 10.1. The molecule has 1 aliphatic carbocycles. The summed E-state index contributed by atoms with van der Waals surface area (Å²) in [5.41, 5.74) is 3.67. The summed E-state index contributed by atoms with van der Waals surface area (Å²) in [7, 11) is 0. The lowest BCUT2D eigenvalue weighted by Gasteiger charge is -2.16. The van der Waals surface area contributed by atoms with Gasteiger partial charge in [0.2, 0.25) is 0 Å². The molecular formula is C16H19N3O2. The van der Waals surface area contributed by atoms with Crippen molar-refractivity contribution in [2.45, 2.75) is 31.7 Å². The smallest absolute Gasteiger partial charge is 0.272 e. The Hall–Kier alpha value is -2.14. The number of carbonyl (C=O) groups is 1. The summed E-state index contributed by atoms with van der Waals surface area (Å²) in [6.07, 6.45) is 3.53. The standard InChI is InChI=1S/C16H19N3O2/c20-10-12(9-11-5-2-1-3-6-11)17-16(21)15-13-7-4-8-14(13)18-19-15/h1-3,5-6,12,20H,4,7-10H2,(H,17,21)(H,18,19)/t12-/m1/s1. The van der Waals surface area contributed by atoms with Crippen LogP contribution in [0, 0.1) is 0 Å². The normalized spacial score (nSPS) is 14.7. The molecule has 0 fully saturated rings. The van der Waals surface area contributed by atoms with Crippen molar-refractivity contribution in [3.63, 3.8) is 0 Å². The largest absolute Gasteiger partial charge is 0.394 e. The van der Waals surface area contributed by atoms with E-state index in [9.17, 15) is 9.90 Å². The van der Waals surface area contributed by atoms with Gasteiger partial charge in [0.05, 0.1) is 12.6 Å². The van der Waals surface area contributed by atoms with E-state index in [2.05, 4.69) is 15.5 Å². The molecule has 1 aromatic carbocycles. The lowest BCUT2D eigenvalue weighted by molar-refractivity contribution is 0.0910. The van der Waals surface area contributed by atoms with Crippen molar-refractivity contribution >= 4 is 5.91 Å². The Kier molecular flexibility index (Phi) is 4.01. The molecular weight excluding hydrogens is 266 g/mol. The number of rotatable bonds is 5. The van der Waals surface area contributed by atoms with E-state index >= 15 is 0 Å². The SMILES string of the molecule is O=C(N[C@@H](CO)Cc1ccccc1)c1n[nH]c2c1CCC2. The maximum absolute atomic E-state index is 12.3. The highest BCUT2D eigenvalue weighted by molar-refractivity contribution is 5.94. The van der Waals surface area contributed by atoms with Crippen LogP contribution >= 0.6 is 0 Å². The molecule has 1 amide bonds. The number of hydrogen-bond acceptors (Lipinski definition) is 3. The summed E-state index contributed by atoms with van der Waals surface area (Å²) >= 11 is 0. The minimum absolute atomic E-state index is 0.0900. The van der Waals surface area contributed by atoms with Gasteiger partial charge in [-0.25, -0.2) is 0 Å². The number of benzene rings is 1. The zero-order valence-electron chi connectivity index (χ0n) is 11.8. The molecule has 3 N–H and O–H groups in total. The van der Waals surface area contributed by atoms with E-state index in [0.29, 0.717) is 12.1 Å². The van der Waals surface area contributed by atoms with Gasteiger partial charge in [-0.2, -0.15) is 5.10 Å². The number of H-pyrrole nitrogens is 1. The van der Waals surface area contributed by atoms with Crippen LogP contribution in [0.5, 0.6) is 0 Å². The summed E-state index contributed by atoms with van der Waals surface area (Å²) in [5, 5.41) is 19.4. The first-order chi connectivity index (χ1) is 10.3. The molecule has 2 aromatic rings. The summed E-state index contributed by atoms with van der Waals surface area (Å²) in [4.78, 5) is 12.3. The van der Waals surface area contributed by atoms with Crippen LogP contribution in [-0.2, 0) is 19.3 Å². The molecule has 0 unspecified atom stereocenters. The van der Waals surface area contributed by atoms with Crippen LogP contribution in [0.15, 0.2) is 30.3 Å². The molecule has 5 heteroatoms. The second-order valence-electron chi connectivity index (χ2n) is 5.43. The third-order valence-electron chi connectivity index (χ3n) is 3.90. The van der Waals surface area contributed by atoms with E-state index in [1.807, 2.05) is 30.3 Å². The number of aromatic nitrogens is 2. The molecule has 0 saturated heterocycles. The van der Waals surface area contributed by atoms with Gasteiger partial charge in [-0.15, -0.1) is 0 Å². The average molecular weight is 285 g/mol. The first-order valence-corrected chi connectivity index (χ1v) is 7.29. The van der Waals surface area contributed by atoms with E-state index in [-0.39, 0.29) is 18.6 Å². The van der Waals surface area contributed by atoms with Gasteiger partial charge in [0.1, 0.15) is 0 Å². The maximum atomic E-state index is 12.3. The van der Waals surface area contributed by atoms with Crippen molar-refractivity contribution < 1.29 is 9.90 Å². The van der Waals surface area contributed by atoms with Crippen molar-refractivity contribution in [1.82, 2.24) is 15.5 Å². The fourth-order valence-electron chi connectivity index (χ4n) is 2.82. The fourth-order valence-corrected chi connectivity index (χ4v) is 2.82. The van der Waals surface area contributed by atoms with E-state index < -0.39 is 0 Å². The molecule has 0 aliphatic heterocycles. The third-order valence-corrected chi connectivity index (χ3v) is 3.90. The van der Waals surface area contributed by atoms with Crippen molar-refractivity contribution in [1.29, 1.82) is 0 Å². The van der Waals surface area contributed by atoms with Gasteiger partial charge in [-0.05, 0) is 31.2 Å². The third kappa shape index (κ3) is 2.97. The number of hydrogen-bond donors (Lipinski definition) is 3. The highest BCUT2D eigenvalue weighted by Crippen LogP contribution is 2.22. The molecule has 110 valence electrons. The molecule has 5 nitrogen and oxygen atoms in total. The minimum Gasteiger partial charge on any atom is -0.394 e. The lowest BCUT2D eigenvalue weighted by Crippen LogP contribution is -2.39. The van der Waals surface area contributed by atoms with Crippen molar-refractivity contribution in [3.8, 4) is 0 Å². The second kappa shape index (κ2) is 6.10. The number of aromatic amines is 1. The second-order valence-corrected chi connectivity index (χ2v) is 5.43. The summed E-state index contributed by atoms with van der Waals surface area (Å²) in [6.45, 7) is -0.0900. The topological polar surface area (TPSA) is 78.0 Å². The van der Waals surface area contributed by atoms with Gasteiger partial charge >= 0.3 is 0 Å². The summed E-state index contributed by atoms with van der Waals surface area (Å²) < 4.78 is 0. The Morgan fingerprint density at radius 3 is 2.90 bits per heavy atom. The van der Waals surface area contributed by atoms with Gasteiger partial charge in [-0.1, -0.05) is 30.3 Å². The Morgan fingerprint density at radius 2 is 2.14 bits per heavy atom. The first-order valence-electron chi connectivity index (χ1n) is 7.29. The average Bonchev–Trinajstić information content (AvgIpc) is 3.10. The Labute approximate surface area is 123 Å². The Morgan fingerprint density at radius 1 is 1.33 bits per heavy atom. The highest BCUT2D eigenvalue weighted by Gasteiger charge is 2.24. The minimum atomic E-state index is -0.298. The molecule has 1 atom stereocenters. The van der Waals surface area contributed by atoms with Crippen LogP contribution in [0.25, 0.3) is 0 Å². The predicted octanol–water partition coefficient (Wildman–Crippen LogP) is 1.23. The number of nitrogens with one attached hydrogen (secondary N) is 2. The quantitative estimate of drug-likeness (QED) is 0.773. The van der Waals surface area contributed by atoms with Crippen molar-refractivity contribution in [2.75, 3.05) is 6.61 Å². The molecule has 0 saturated carbocycles. The molecule has 1 aliphatic rings. The summed E-state index contributed by atoms with van der Waals surface area (Å²) in [6, 6.07) is 9.53. The Bertz CT molecular complexity index is 622. The first kappa shape index (κ1) is 13.8. The number of aliphatic hydroxyl groups is 1. The number of nitrogens with zero attached hydrogens (tertiary/aromatic N) is 1. The van der Waals surface area contributed by atoms with E-state index in [1.165, 1.54) is 0 Å². The molecule has 0 radical (unpaired) electrons. The van der Waals surface area contributed by atoms with Gasteiger partial charge in [0.25, 0.3) is 5.91 Å². The number of aliphatic hydroxyl groups excluding tert-OH is 1. The van der Waals surface area contributed by atoms with Crippen LogP contribution in [-0.4, -0.2) is 33.9 Å². The molecule has 3 rings (SSSR count). The van der Waals surface area contributed by atoms with Crippen LogP contribution < -0.4 is 5.32 Å². The van der Waals surface area contributed by atoms with Crippen molar-refractivity contribution in [3.05, 3.63) is 52.8 Å². The maximum Gasteiger partial charge on any atom is 0.272 e. The number of aryl methyl sites for hydroxylation is 1. The Balaban J connectivity index is 1.67. The highest BCUT2D eigenvalue weighted by atomic mass is 16.3. The van der Waals surface area contributed by atoms with Crippen LogP contribution in [0.3, 0.4) is 0 Å². The van der Waals surface area contributed by atoms with Gasteiger partial charge < -0.3 is 10.4 Å². The predicted molar refractivity (Wildman–Crippen MR) is 79.1 cm³/mol. The van der Waals surface area contributed by atoms with E-state index in [4.69, 9.17) is 0 Å². The van der Waals surface area contributed by atoms with Gasteiger partial charge in [0.15, 0.2) is 5.69 Å². The van der Waals surface area contributed by atoms with E-state index in [1.54, 1.807) is 0 Å². The molecule has 21 heavy (non-hydrogen) atoms. The number of amides is 1. The number of fused-ring (bicyclic) bond motifs is 1.